The Kier molecular flexibility index (Phi) is 4.27. The van der Waals surface area contributed by atoms with Crippen LogP contribution in [0.15, 0.2) is 11.6 Å². The molecule has 3 heteroatoms. The van der Waals surface area contributed by atoms with E-state index in [1.165, 1.54) is 5.57 Å². The number of aliphatic hydroxyl groups is 1. The van der Waals surface area contributed by atoms with Crippen LogP contribution >= 0.6 is 0 Å². The molecule has 0 aromatic carbocycles. The van der Waals surface area contributed by atoms with Crippen molar-refractivity contribution >= 4 is 8.32 Å². The summed E-state index contributed by atoms with van der Waals surface area (Å²) >= 11 is 0. The van der Waals surface area contributed by atoms with Crippen molar-refractivity contribution in [3.8, 4) is 0 Å². The first-order valence-corrected chi connectivity index (χ1v) is 11.4. The third-order valence-electron chi connectivity index (χ3n) is 6.65. The molecule has 1 saturated carbocycles. The van der Waals surface area contributed by atoms with Crippen LogP contribution in [0.25, 0.3) is 0 Å². The Bertz CT molecular complexity index is 431. The van der Waals surface area contributed by atoms with Gasteiger partial charge in [0.15, 0.2) is 8.32 Å². The van der Waals surface area contributed by atoms with Crippen LogP contribution in [-0.4, -0.2) is 25.6 Å². The zero-order valence-electron chi connectivity index (χ0n) is 15.0. The number of fused-ring (bicyclic) bond motifs is 2. The summed E-state index contributed by atoms with van der Waals surface area (Å²) in [5.41, 5.74) is 0.636. The predicted molar refractivity (Wildman–Crippen MR) is 91.9 cm³/mol. The fraction of sp³-hybridized carbons (Fsp3) is 0.889. The summed E-state index contributed by atoms with van der Waals surface area (Å²) in [4.78, 5) is 0. The van der Waals surface area contributed by atoms with Crippen molar-refractivity contribution in [2.24, 2.45) is 11.3 Å². The lowest BCUT2D eigenvalue weighted by molar-refractivity contribution is -0.0709. The Hall–Kier alpha value is -0.123. The van der Waals surface area contributed by atoms with Gasteiger partial charge in [0.05, 0.1) is 5.60 Å². The van der Waals surface area contributed by atoms with Gasteiger partial charge in [0, 0.05) is 12.0 Å². The van der Waals surface area contributed by atoms with E-state index in [1.54, 1.807) is 0 Å². The average molecular weight is 311 g/mol. The molecule has 1 unspecified atom stereocenters. The minimum absolute atomic E-state index is 0.173. The zero-order chi connectivity index (χ0) is 16.1. The summed E-state index contributed by atoms with van der Waals surface area (Å²) in [6, 6.07) is 0. The molecule has 0 heterocycles. The van der Waals surface area contributed by atoms with Crippen molar-refractivity contribution in [1.29, 1.82) is 0 Å². The maximum absolute atomic E-state index is 11.2. The molecule has 1 N–H and O–H groups in total. The second-order valence-corrected chi connectivity index (χ2v) is 13.9. The molecule has 0 aliphatic heterocycles. The van der Waals surface area contributed by atoms with Crippen LogP contribution in [0.2, 0.25) is 18.1 Å². The number of hydrogen-bond acceptors (Lipinski definition) is 2. The van der Waals surface area contributed by atoms with E-state index in [0.717, 1.165) is 25.7 Å². The summed E-state index contributed by atoms with van der Waals surface area (Å²) < 4.78 is 6.53. The van der Waals surface area contributed by atoms with Gasteiger partial charge >= 0.3 is 0 Å². The Balaban J connectivity index is 2.25. The Morgan fingerprint density at radius 2 is 1.95 bits per heavy atom. The average Bonchev–Trinajstić information content (AvgIpc) is 2.48. The van der Waals surface area contributed by atoms with Gasteiger partial charge in [-0.15, -0.1) is 0 Å². The van der Waals surface area contributed by atoms with E-state index in [9.17, 15) is 5.11 Å². The molecule has 2 aliphatic rings. The van der Waals surface area contributed by atoms with Crippen LogP contribution in [0.5, 0.6) is 0 Å². The van der Waals surface area contributed by atoms with Gasteiger partial charge in [-0.2, -0.15) is 0 Å². The maximum atomic E-state index is 11.2. The molecule has 0 aromatic rings. The molecule has 1 fully saturated rings. The van der Waals surface area contributed by atoms with E-state index in [4.69, 9.17) is 4.43 Å². The lowest BCUT2D eigenvalue weighted by atomic mass is 9.73. The minimum atomic E-state index is -1.77. The van der Waals surface area contributed by atoms with E-state index < -0.39 is 13.9 Å². The van der Waals surface area contributed by atoms with E-state index in [0.29, 0.717) is 12.5 Å². The molecular weight excluding hydrogens is 276 g/mol. The second-order valence-electron chi connectivity index (χ2n) is 9.12. The van der Waals surface area contributed by atoms with Crippen molar-refractivity contribution < 1.29 is 9.53 Å². The smallest absolute Gasteiger partial charge is 0.192 e. The van der Waals surface area contributed by atoms with Crippen LogP contribution in [0.1, 0.15) is 60.3 Å². The highest BCUT2D eigenvalue weighted by molar-refractivity contribution is 6.74. The summed E-state index contributed by atoms with van der Waals surface area (Å²) in [5, 5.41) is 11.4. The third kappa shape index (κ3) is 2.89. The molecule has 122 valence electrons. The van der Waals surface area contributed by atoms with Gasteiger partial charge in [0.1, 0.15) is 0 Å². The molecule has 0 aromatic heterocycles. The summed E-state index contributed by atoms with van der Waals surface area (Å²) in [7, 11) is -1.77. The van der Waals surface area contributed by atoms with Crippen LogP contribution in [0.4, 0.5) is 0 Å². The monoisotopic (exact) mass is 310 g/mol. The molecule has 0 saturated heterocycles. The zero-order valence-corrected chi connectivity index (χ0v) is 16.0. The highest BCUT2D eigenvalue weighted by Crippen LogP contribution is 2.56. The molecule has 21 heavy (non-hydrogen) atoms. The van der Waals surface area contributed by atoms with Gasteiger partial charge in [-0.25, -0.2) is 0 Å². The molecule has 0 spiro atoms. The molecule has 2 rings (SSSR count). The molecular formula is C18H34O2Si. The van der Waals surface area contributed by atoms with Crippen molar-refractivity contribution in [3.63, 3.8) is 0 Å². The topological polar surface area (TPSA) is 29.5 Å². The van der Waals surface area contributed by atoms with E-state index in [-0.39, 0.29) is 10.5 Å². The van der Waals surface area contributed by atoms with Crippen LogP contribution in [0.3, 0.4) is 0 Å². The van der Waals surface area contributed by atoms with E-state index >= 15 is 0 Å². The third-order valence-corrected chi connectivity index (χ3v) is 11.1. The van der Waals surface area contributed by atoms with Gasteiger partial charge in [-0.1, -0.05) is 32.4 Å². The normalized spacial score (nSPS) is 37.3. The van der Waals surface area contributed by atoms with Gasteiger partial charge in [-0.05, 0) is 63.6 Å². The van der Waals surface area contributed by atoms with Gasteiger partial charge in [0.25, 0.3) is 0 Å². The van der Waals surface area contributed by atoms with Crippen molar-refractivity contribution in [1.82, 2.24) is 0 Å². The van der Waals surface area contributed by atoms with Gasteiger partial charge in [-0.3, -0.25) is 0 Å². The quantitative estimate of drug-likeness (QED) is 0.593. The molecule has 3 atom stereocenters. The number of hydrogen-bond donors (Lipinski definition) is 1. The molecule has 2 aliphatic carbocycles. The highest BCUT2D eigenvalue weighted by Gasteiger charge is 2.56. The Morgan fingerprint density at radius 3 is 2.52 bits per heavy atom. The first-order valence-electron chi connectivity index (χ1n) is 8.46. The molecule has 2 bridgehead atoms. The lowest BCUT2D eigenvalue weighted by Crippen LogP contribution is -2.50. The standard InChI is InChI=1S/C18H34O2Si/c1-14-8-9-15-10-11-18(12-14,17(15,5)19)13-20-21(6,7)16(2,3)4/h12,15,19H,8-11,13H2,1-7H3/t15-,17?,18-/m0/s1. The Morgan fingerprint density at radius 1 is 1.33 bits per heavy atom. The number of allylic oxidation sites excluding steroid dienone is 1. The lowest BCUT2D eigenvalue weighted by Gasteiger charge is -2.44. The van der Waals surface area contributed by atoms with E-state index in [2.05, 4.69) is 53.8 Å². The fourth-order valence-corrected chi connectivity index (χ4v) is 4.80. The minimum Gasteiger partial charge on any atom is -0.416 e. The fourth-order valence-electron chi connectivity index (χ4n) is 3.75. The summed E-state index contributed by atoms with van der Waals surface area (Å²) in [6.45, 7) is 16.4. The van der Waals surface area contributed by atoms with Gasteiger partial charge in [0.2, 0.25) is 0 Å². The molecule has 0 radical (unpaired) electrons. The Labute approximate surface area is 132 Å². The van der Waals surface area contributed by atoms with Crippen molar-refractivity contribution in [3.05, 3.63) is 11.6 Å². The first kappa shape index (κ1) is 17.2. The first-order chi connectivity index (χ1) is 9.41. The maximum Gasteiger partial charge on any atom is 0.192 e. The summed E-state index contributed by atoms with van der Waals surface area (Å²) in [6.07, 6.45) is 6.81. The number of rotatable bonds is 3. The van der Waals surface area contributed by atoms with Crippen LogP contribution < -0.4 is 0 Å². The second kappa shape index (κ2) is 5.21. The van der Waals surface area contributed by atoms with Crippen LogP contribution in [-0.2, 0) is 4.43 Å². The van der Waals surface area contributed by atoms with Gasteiger partial charge < -0.3 is 9.53 Å². The summed E-state index contributed by atoms with van der Waals surface area (Å²) in [5.74, 6) is 0.425. The SMILES string of the molecule is CC1=C[C@]2(CO[Si](C)(C)C(C)(C)C)CC[C@H](CC1)C2(C)O. The predicted octanol–water partition coefficient (Wildman–Crippen LogP) is 4.90. The van der Waals surface area contributed by atoms with E-state index in [1.807, 2.05) is 0 Å². The highest BCUT2D eigenvalue weighted by atomic mass is 28.4. The molecule has 2 nitrogen and oxygen atoms in total. The van der Waals surface area contributed by atoms with Crippen molar-refractivity contribution in [2.75, 3.05) is 6.61 Å². The van der Waals surface area contributed by atoms with Crippen LogP contribution in [0, 0.1) is 11.3 Å². The largest absolute Gasteiger partial charge is 0.416 e. The van der Waals surface area contributed by atoms with Crippen molar-refractivity contribution in [2.45, 2.75) is 84.0 Å². The molecule has 0 amide bonds.